The Morgan fingerprint density at radius 1 is 1.05 bits per heavy atom. The Bertz CT molecular complexity index is 783. The molecule has 1 N–H and O–H groups in total. The summed E-state index contributed by atoms with van der Waals surface area (Å²) in [6.45, 7) is 0. The monoisotopic (exact) mass is 414 g/mol. The van der Waals surface area contributed by atoms with Crippen molar-refractivity contribution in [3.63, 3.8) is 0 Å². The zero-order valence-electron chi connectivity index (χ0n) is 10.1. The molecule has 0 aliphatic rings. The lowest BCUT2D eigenvalue weighted by Crippen LogP contribution is -1.97. The summed E-state index contributed by atoms with van der Waals surface area (Å²) >= 11 is 12.9. The second-order valence-corrected chi connectivity index (χ2v) is 6.50. The highest BCUT2D eigenvalue weighted by Crippen LogP contribution is 2.33. The molecule has 1 unspecified atom stereocenters. The quantitative estimate of drug-likeness (QED) is 0.582. The number of halogens is 3. The van der Waals surface area contributed by atoms with Gasteiger partial charge < -0.3 is 9.52 Å². The van der Waals surface area contributed by atoms with E-state index in [1.165, 1.54) is 0 Å². The van der Waals surface area contributed by atoms with Gasteiger partial charge in [0.15, 0.2) is 5.58 Å². The number of furan rings is 1. The normalized spacial score (nSPS) is 12.8. The van der Waals surface area contributed by atoms with Gasteiger partial charge in [0, 0.05) is 14.3 Å². The minimum Gasteiger partial charge on any atom is -0.456 e. The lowest BCUT2D eigenvalue weighted by molar-refractivity contribution is 0.192. The van der Waals surface area contributed by atoms with E-state index in [0.717, 1.165) is 19.9 Å². The summed E-state index contributed by atoms with van der Waals surface area (Å²) < 4.78 is 7.49. The van der Waals surface area contributed by atoms with Gasteiger partial charge in [-0.05, 0) is 61.7 Å². The van der Waals surface area contributed by atoms with E-state index in [9.17, 15) is 5.11 Å². The standard InChI is InChI=1S/C15H9Br2ClO2/c16-10-5-4-8(6-11(10)17)14(19)13-7-9-2-1-3-12(18)15(9)20-13/h1-7,14,19H. The van der Waals surface area contributed by atoms with Crippen LogP contribution in [0.1, 0.15) is 17.4 Å². The summed E-state index contributed by atoms with van der Waals surface area (Å²) in [5, 5.41) is 11.8. The van der Waals surface area contributed by atoms with E-state index in [1.807, 2.05) is 36.4 Å². The lowest BCUT2D eigenvalue weighted by Gasteiger charge is -2.09. The maximum absolute atomic E-state index is 10.4. The summed E-state index contributed by atoms with van der Waals surface area (Å²) in [4.78, 5) is 0. The fourth-order valence-electron chi connectivity index (χ4n) is 2.03. The number of rotatable bonds is 2. The van der Waals surface area contributed by atoms with Crippen molar-refractivity contribution < 1.29 is 9.52 Å². The first-order valence-corrected chi connectivity index (χ1v) is 7.83. The van der Waals surface area contributed by atoms with Gasteiger partial charge in [-0.3, -0.25) is 0 Å². The predicted molar refractivity (Wildman–Crippen MR) is 87.1 cm³/mol. The van der Waals surface area contributed by atoms with Gasteiger partial charge in [0.25, 0.3) is 0 Å². The number of hydrogen-bond acceptors (Lipinski definition) is 2. The molecule has 0 spiro atoms. The van der Waals surface area contributed by atoms with Gasteiger partial charge >= 0.3 is 0 Å². The maximum atomic E-state index is 10.4. The van der Waals surface area contributed by atoms with Gasteiger partial charge in [0.05, 0.1) is 5.02 Å². The molecule has 0 amide bonds. The van der Waals surface area contributed by atoms with E-state index in [1.54, 1.807) is 6.07 Å². The molecule has 102 valence electrons. The molecule has 20 heavy (non-hydrogen) atoms. The molecule has 1 atom stereocenters. The number of aliphatic hydroxyl groups excluding tert-OH is 1. The number of para-hydroxylation sites is 1. The Hall–Kier alpha value is -0.810. The molecule has 1 heterocycles. The van der Waals surface area contributed by atoms with Gasteiger partial charge in [-0.15, -0.1) is 0 Å². The van der Waals surface area contributed by atoms with Crippen LogP contribution in [0.25, 0.3) is 11.0 Å². The molecule has 0 fully saturated rings. The van der Waals surface area contributed by atoms with Gasteiger partial charge in [0.1, 0.15) is 11.9 Å². The average molecular weight is 416 g/mol. The van der Waals surface area contributed by atoms with E-state index in [0.29, 0.717) is 16.4 Å². The van der Waals surface area contributed by atoms with Crippen molar-refractivity contribution in [2.45, 2.75) is 6.10 Å². The van der Waals surface area contributed by atoms with E-state index >= 15 is 0 Å². The molecule has 2 aromatic carbocycles. The summed E-state index contributed by atoms with van der Waals surface area (Å²) in [6, 6.07) is 12.9. The summed E-state index contributed by atoms with van der Waals surface area (Å²) in [5.74, 6) is 0.474. The average Bonchev–Trinajstić information content (AvgIpc) is 2.86. The third-order valence-electron chi connectivity index (χ3n) is 3.04. The smallest absolute Gasteiger partial charge is 0.153 e. The largest absolute Gasteiger partial charge is 0.456 e. The van der Waals surface area contributed by atoms with Crippen LogP contribution >= 0.6 is 43.5 Å². The first-order valence-electron chi connectivity index (χ1n) is 5.87. The van der Waals surface area contributed by atoms with Crippen molar-refractivity contribution in [3.8, 4) is 0 Å². The SMILES string of the molecule is OC(c1ccc(Br)c(Br)c1)c1cc2cccc(Cl)c2o1. The fraction of sp³-hybridized carbons (Fsp3) is 0.0667. The van der Waals surface area contributed by atoms with Crippen molar-refractivity contribution >= 4 is 54.4 Å². The Morgan fingerprint density at radius 3 is 2.55 bits per heavy atom. The molecule has 0 aliphatic heterocycles. The molecule has 5 heteroatoms. The summed E-state index contributed by atoms with van der Waals surface area (Å²) in [7, 11) is 0. The molecule has 1 aromatic heterocycles. The first kappa shape index (κ1) is 14.1. The predicted octanol–water partition coefficient (Wildman–Crippen LogP) is 5.69. The zero-order valence-corrected chi connectivity index (χ0v) is 14.0. The molecule has 0 saturated carbocycles. The van der Waals surface area contributed by atoms with Crippen LogP contribution in [0.4, 0.5) is 0 Å². The Labute approximate surface area is 137 Å². The van der Waals surface area contributed by atoms with Crippen molar-refractivity contribution in [3.05, 3.63) is 67.8 Å². The minimum absolute atomic E-state index is 0.474. The topological polar surface area (TPSA) is 33.4 Å². The van der Waals surface area contributed by atoms with Crippen molar-refractivity contribution in [1.82, 2.24) is 0 Å². The number of hydrogen-bond donors (Lipinski definition) is 1. The minimum atomic E-state index is -0.831. The van der Waals surface area contributed by atoms with Gasteiger partial charge in [0.2, 0.25) is 0 Å². The fourth-order valence-corrected chi connectivity index (χ4v) is 2.89. The van der Waals surface area contributed by atoms with Gasteiger partial charge in [-0.2, -0.15) is 0 Å². The lowest BCUT2D eigenvalue weighted by atomic mass is 10.1. The molecule has 2 nitrogen and oxygen atoms in total. The number of fused-ring (bicyclic) bond motifs is 1. The molecule has 0 radical (unpaired) electrons. The Kier molecular flexibility index (Phi) is 3.91. The van der Waals surface area contributed by atoms with Crippen LogP contribution < -0.4 is 0 Å². The second kappa shape index (κ2) is 5.53. The van der Waals surface area contributed by atoms with E-state index in [4.69, 9.17) is 16.0 Å². The van der Waals surface area contributed by atoms with Gasteiger partial charge in [-0.25, -0.2) is 0 Å². The summed E-state index contributed by atoms with van der Waals surface area (Å²) in [5.41, 5.74) is 1.34. The van der Waals surface area contributed by atoms with Crippen LogP contribution in [-0.2, 0) is 0 Å². The van der Waals surface area contributed by atoms with Crippen LogP contribution in [0.15, 0.2) is 55.8 Å². The first-order chi connectivity index (χ1) is 9.56. The third-order valence-corrected chi connectivity index (χ3v) is 5.22. The summed E-state index contributed by atoms with van der Waals surface area (Å²) in [6.07, 6.45) is -0.831. The van der Waals surface area contributed by atoms with Crippen molar-refractivity contribution in [1.29, 1.82) is 0 Å². The van der Waals surface area contributed by atoms with E-state index in [-0.39, 0.29) is 0 Å². The van der Waals surface area contributed by atoms with Crippen molar-refractivity contribution in [2.24, 2.45) is 0 Å². The van der Waals surface area contributed by atoms with E-state index < -0.39 is 6.10 Å². The maximum Gasteiger partial charge on any atom is 0.153 e. The zero-order chi connectivity index (χ0) is 14.3. The molecule has 3 aromatic rings. The Morgan fingerprint density at radius 2 is 1.85 bits per heavy atom. The van der Waals surface area contributed by atoms with Crippen molar-refractivity contribution in [2.75, 3.05) is 0 Å². The van der Waals surface area contributed by atoms with Crippen LogP contribution in [0.3, 0.4) is 0 Å². The second-order valence-electron chi connectivity index (χ2n) is 4.38. The van der Waals surface area contributed by atoms with Crippen LogP contribution in [0.5, 0.6) is 0 Å². The highest BCUT2D eigenvalue weighted by Gasteiger charge is 2.17. The molecule has 0 bridgehead atoms. The van der Waals surface area contributed by atoms with Crippen LogP contribution in [0, 0.1) is 0 Å². The Balaban J connectivity index is 2.05. The molecular weight excluding hydrogens is 407 g/mol. The molecule has 3 rings (SSSR count). The third kappa shape index (κ3) is 2.53. The van der Waals surface area contributed by atoms with Gasteiger partial charge in [-0.1, -0.05) is 29.8 Å². The number of aliphatic hydroxyl groups is 1. The van der Waals surface area contributed by atoms with Crippen LogP contribution in [0.2, 0.25) is 5.02 Å². The number of benzene rings is 2. The highest BCUT2D eigenvalue weighted by atomic mass is 79.9. The highest BCUT2D eigenvalue weighted by molar-refractivity contribution is 9.13. The molecular formula is C15H9Br2ClO2. The van der Waals surface area contributed by atoms with Crippen LogP contribution in [-0.4, -0.2) is 5.11 Å². The molecule has 0 aliphatic carbocycles. The van der Waals surface area contributed by atoms with E-state index in [2.05, 4.69) is 31.9 Å². The molecule has 0 saturated heterocycles.